The van der Waals surface area contributed by atoms with Crippen molar-refractivity contribution in [3.63, 3.8) is 0 Å². The van der Waals surface area contributed by atoms with Crippen LogP contribution in [0.15, 0.2) is 42.5 Å². The Labute approximate surface area is 170 Å². The Morgan fingerprint density at radius 3 is 2.34 bits per heavy atom. The maximum atomic E-state index is 12.9. The molecule has 7 heteroatoms. The summed E-state index contributed by atoms with van der Waals surface area (Å²) in [5, 5.41) is 2.83. The summed E-state index contributed by atoms with van der Waals surface area (Å²) in [5.41, 5.74) is 2.38. The van der Waals surface area contributed by atoms with E-state index in [-0.39, 0.29) is 23.2 Å². The van der Waals surface area contributed by atoms with E-state index in [1.165, 1.54) is 5.56 Å². The lowest BCUT2D eigenvalue weighted by Crippen LogP contribution is -2.47. The van der Waals surface area contributed by atoms with Crippen LogP contribution in [0, 0.1) is 0 Å². The molecular formula is C22H25N3O4. The number of ether oxygens (including phenoxy) is 2. The zero-order chi connectivity index (χ0) is 20.3. The van der Waals surface area contributed by atoms with Gasteiger partial charge in [0.15, 0.2) is 5.79 Å². The summed E-state index contributed by atoms with van der Waals surface area (Å²) < 4.78 is 11.4. The standard InChI is InChI=1S/C22H25N3O4/c1-2-16-6-8-17(9-7-16)23-20(26)18-4-3-5-19(24-18)21(27)25-12-10-22(11-13-25)28-14-15-29-22/h3-9H,2,10-15H2,1H3,(H,23,26). The van der Waals surface area contributed by atoms with E-state index in [0.29, 0.717) is 44.8 Å². The van der Waals surface area contributed by atoms with E-state index in [1.54, 1.807) is 23.1 Å². The van der Waals surface area contributed by atoms with E-state index in [2.05, 4.69) is 17.2 Å². The van der Waals surface area contributed by atoms with Crippen molar-refractivity contribution in [1.29, 1.82) is 0 Å². The van der Waals surface area contributed by atoms with Crippen LogP contribution in [0.2, 0.25) is 0 Å². The minimum Gasteiger partial charge on any atom is -0.347 e. The van der Waals surface area contributed by atoms with Gasteiger partial charge in [0.1, 0.15) is 11.4 Å². The van der Waals surface area contributed by atoms with Crippen LogP contribution in [0.5, 0.6) is 0 Å². The SMILES string of the molecule is CCc1ccc(NC(=O)c2cccc(C(=O)N3CCC4(CC3)OCCO4)n2)cc1. The zero-order valence-electron chi connectivity index (χ0n) is 16.5. The Kier molecular flexibility index (Phi) is 5.60. The lowest BCUT2D eigenvalue weighted by Gasteiger charge is -2.37. The van der Waals surface area contributed by atoms with E-state index in [0.717, 1.165) is 6.42 Å². The number of carbonyl (C=O) groups is 2. The molecule has 3 heterocycles. The minimum atomic E-state index is -0.529. The first-order valence-corrected chi connectivity index (χ1v) is 10.0. The van der Waals surface area contributed by atoms with Crippen molar-refractivity contribution in [2.75, 3.05) is 31.6 Å². The quantitative estimate of drug-likeness (QED) is 0.861. The second-order valence-corrected chi connectivity index (χ2v) is 7.31. The molecule has 2 aliphatic heterocycles. The molecular weight excluding hydrogens is 370 g/mol. The molecule has 1 aromatic carbocycles. The molecule has 2 amide bonds. The fourth-order valence-corrected chi connectivity index (χ4v) is 3.70. The maximum absolute atomic E-state index is 12.9. The van der Waals surface area contributed by atoms with E-state index in [4.69, 9.17) is 9.47 Å². The average Bonchev–Trinajstić information content (AvgIpc) is 3.22. The predicted molar refractivity (Wildman–Crippen MR) is 108 cm³/mol. The number of anilines is 1. The number of benzene rings is 1. The van der Waals surface area contributed by atoms with E-state index in [1.807, 2.05) is 24.3 Å². The number of aromatic nitrogens is 1. The van der Waals surface area contributed by atoms with Gasteiger partial charge in [-0.15, -0.1) is 0 Å². The number of hydrogen-bond acceptors (Lipinski definition) is 5. The summed E-state index contributed by atoms with van der Waals surface area (Å²) in [5.74, 6) is -1.05. The fraction of sp³-hybridized carbons (Fsp3) is 0.409. The fourth-order valence-electron chi connectivity index (χ4n) is 3.70. The third-order valence-electron chi connectivity index (χ3n) is 5.45. The number of amides is 2. The van der Waals surface area contributed by atoms with Gasteiger partial charge in [-0.3, -0.25) is 9.59 Å². The number of nitrogens with zero attached hydrogens (tertiary/aromatic N) is 2. The average molecular weight is 395 g/mol. The molecule has 0 radical (unpaired) electrons. The summed E-state index contributed by atoms with van der Waals surface area (Å²) in [6.07, 6.45) is 2.23. The molecule has 1 aromatic heterocycles. The molecule has 152 valence electrons. The van der Waals surface area contributed by atoms with E-state index < -0.39 is 5.79 Å². The van der Waals surface area contributed by atoms with Gasteiger partial charge in [0.2, 0.25) is 0 Å². The molecule has 0 aliphatic carbocycles. The number of pyridine rings is 1. The van der Waals surface area contributed by atoms with Crippen LogP contribution in [0.1, 0.15) is 46.3 Å². The molecule has 4 rings (SSSR count). The molecule has 2 saturated heterocycles. The lowest BCUT2D eigenvalue weighted by atomic mass is 10.0. The van der Waals surface area contributed by atoms with Crippen molar-refractivity contribution in [3.05, 3.63) is 59.4 Å². The third-order valence-corrected chi connectivity index (χ3v) is 5.45. The molecule has 0 atom stereocenters. The van der Waals surface area contributed by atoms with Crippen LogP contribution in [0.25, 0.3) is 0 Å². The minimum absolute atomic E-state index is 0.181. The Hall–Kier alpha value is -2.77. The first kappa shape index (κ1) is 19.5. The third kappa shape index (κ3) is 4.31. The number of carbonyl (C=O) groups excluding carboxylic acids is 2. The second kappa shape index (κ2) is 8.31. The number of likely N-dealkylation sites (tertiary alicyclic amines) is 1. The highest BCUT2D eigenvalue weighted by Gasteiger charge is 2.41. The van der Waals surface area contributed by atoms with Gasteiger partial charge in [0.25, 0.3) is 11.8 Å². The molecule has 0 unspecified atom stereocenters. The van der Waals surface area contributed by atoms with Crippen molar-refractivity contribution in [3.8, 4) is 0 Å². The van der Waals surface area contributed by atoms with Gasteiger partial charge < -0.3 is 19.7 Å². The smallest absolute Gasteiger partial charge is 0.274 e. The molecule has 7 nitrogen and oxygen atoms in total. The summed E-state index contributed by atoms with van der Waals surface area (Å²) in [6, 6.07) is 12.6. The summed E-state index contributed by atoms with van der Waals surface area (Å²) in [4.78, 5) is 31.5. The topological polar surface area (TPSA) is 80.8 Å². The highest BCUT2D eigenvalue weighted by molar-refractivity contribution is 6.03. The van der Waals surface area contributed by atoms with Gasteiger partial charge in [-0.2, -0.15) is 0 Å². The predicted octanol–water partition coefficient (Wildman–Crippen LogP) is 2.88. The molecule has 1 N–H and O–H groups in total. The molecule has 0 bridgehead atoms. The Bertz CT molecular complexity index is 881. The Morgan fingerprint density at radius 2 is 1.69 bits per heavy atom. The molecule has 0 saturated carbocycles. The summed E-state index contributed by atoms with van der Waals surface area (Å²) >= 11 is 0. The van der Waals surface area contributed by atoms with E-state index in [9.17, 15) is 9.59 Å². The lowest BCUT2D eigenvalue weighted by molar-refractivity contribution is -0.181. The highest BCUT2D eigenvalue weighted by Crippen LogP contribution is 2.31. The van der Waals surface area contributed by atoms with Crippen LogP contribution in [-0.2, 0) is 15.9 Å². The van der Waals surface area contributed by atoms with Gasteiger partial charge in [0, 0.05) is 31.6 Å². The van der Waals surface area contributed by atoms with Crippen LogP contribution >= 0.6 is 0 Å². The molecule has 1 spiro atoms. The van der Waals surface area contributed by atoms with Gasteiger partial charge in [0.05, 0.1) is 13.2 Å². The molecule has 2 fully saturated rings. The monoisotopic (exact) mass is 395 g/mol. The van der Waals surface area contributed by atoms with Crippen molar-refractivity contribution in [2.24, 2.45) is 0 Å². The maximum Gasteiger partial charge on any atom is 0.274 e. The number of aryl methyl sites for hydroxylation is 1. The summed E-state index contributed by atoms with van der Waals surface area (Å²) in [6.45, 7) is 4.37. The normalized spacial score (nSPS) is 18.0. The number of rotatable bonds is 4. The second-order valence-electron chi connectivity index (χ2n) is 7.31. The van der Waals surface area contributed by atoms with Gasteiger partial charge >= 0.3 is 0 Å². The highest BCUT2D eigenvalue weighted by atomic mass is 16.7. The number of piperidine rings is 1. The Balaban J connectivity index is 1.41. The molecule has 29 heavy (non-hydrogen) atoms. The van der Waals surface area contributed by atoms with E-state index >= 15 is 0 Å². The molecule has 2 aromatic rings. The van der Waals surface area contributed by atoms with Gasteiger partial charge in [-0.25, -0.2) is 4.98 Å². The van der Waals surface area contributed by atoms with Crippen molar-refractivity contribution >= 4 is 17.5 Å². The summed E-state index contributed by atoms with van der Waals surface area (Å²) in [7, 11) is 0. The zero-order valence-corrected chi connectivity index (χ0v) is 16.5. The van der Waals surface area contributed by atoms with Crippen LogP contribution in [0.4, 0.5) is 5.69 Å². The largest absolute Gasteiger partial charge is 0.347 e. The number of hydrogen-bond donors (Lipinski definition) is 1. The van der Waals surface area contributed by atoms with Crippen LogP contribution < -0.4 is 5.32 Å². The van der Waals surface area contributed by atoms with Crippen molar-refractivity contribution < 1.29 is 19.1 Å². The number of nitrogens with one attached hydrogen (secondary N) is 1. The molecule has 2 aliphatic rings. The van der Waals surface area contributed by atoms with Crippen LogP contribution in [-0.4, -0.2) is 53.8 Å². The first-order valence-electron chi connectivity index (χ1n) is 10.0. The van der Waals surface area contributed by atoms with Crippen molar-refractivity contribution in [2.45, 2.75) is 32.0 Å². The van der Waals surface area contributed by atoms with Gasteiger partial charge in [-0.05, 0) is 36.2 Å². The first-order chi connectivity index (χ1) is 14.1. The van der Waals surface area contributed by atoms with Crippen LogP contribution in [0.3, 0.4) is 0 Å². The van der Waals surface area contributed by atoms with Crippen molar-refractivity contribution in [1.82, 2.24) is 9.88 Å². The van der Waals surface area contributed by atoms with Gasteiger partial charge in [-0.1, -0.05) is 25.1 Å². The Morgan fingerprint density at radius 1 is 1.03 bits per heavy atom.